The van der Waals surface area contributed by atoms with Crippen molar-refractivity contribution in [1.82, 2.24) is 9.97 Å². The molecule has 1 N–H and O–H groups in total. The molecule has 5 heteroatoms. The number of aromatic nitrogens is 2. The number of aryl methyl sites for hydroxylation is 1. The lowest BCUT2D eigenvalue weighted by molar-refractivity contribution is 0.218. The van der Waals surface area contributed by atoms with Crippen LogP contribution in [0.25, 0.3) is 10.2 Å². The van der Waals surface area contributed by atoms with Crippen molar-refractivity contribution >= 4 is 49.0 Å². The van der Waals surface area contributed by atoms with E-state index in [0.717, 1.165) is 39.6 Å². The summed E-state index contributed by atoms with van der Waals surface area (Å²) in [5.74, 6) is 1.66. The molecule has 0 radical (unpaired) electrons. The van der Waals surface area contributed by atoms with E-state index in [4.69, 9.17) is 0 Å². The zero-order chi connectivity index (χ0) is 17.6. The SMILES string of the molecule is CC(C)(C)C1CCc2c(sc3ncnc(Nc4ccccc4Br)c23)C1. The summed E-state index contributed by atoms with van der Waals surface area (Å²) in [5, 5.41) is 4.72. The Balaban J connectivity index is 1.76. The average molecular weight is 416 g/mol. The second kappa shape index (κ2) is 6.36. The van der Waals surface area contributed by atoms with Crippen LogP contribution in [0.5, 0.6) is 0 Å². The number of fused-ring (bicyclic) bond motifs is 3. The van der Waals surface area contributed by atoms with Crippen LogP contribution in [0.1, 0.15) is 37.6 Å². The molecule has 0 bridgehead atoms. The van der Waals surface area contributed by atoms with Crippen LogP contribution in [0.15, 0.2) is 35.1 Å². The Hall–Kier alpha value is -1.46. The Morgan fingerprint density at radius 3 is 2.76 bits per heavy atom. The fourth-order valence-electron chi connectivity index (χ4n) is 3.63. The lowest BCUT2D eigenvalue weighted by Crippen LogP contribution is -2.26. The second-order valence-corrected chi connectivity index (χ2v) is 9.75. The van der Waals surface area contributed by atoms with Crippen LogP contribution in [0.3, 0.4) is 0 Å². The molecule has 4 rings (SSSR count). The standard InChI is InChI=1S/C20H22BrN3S/c1-20(2,3)12-8-9-13-16(10-12)25-19-17(13)18(22-11-23-19)24-15-7-5-4-6-14(15)21/h4-7,11-12H,8-10H2,1-3H3,(H,22,23,24). The van der Waals surface area contributed by atoms with Crippen molar-refractivity contribution in [1.29, 1.82) is 0 Å². The monoisotopic (exact) mass is 415 g/mol. The van der Waals surface area contributed by atoms with Crippen LogP contribution in [-0.2, 0) is 12.8 Å². The fraction of sp³-hybridized carbons (Fsp3) is 0.400. The zero-order valence-corrected chi connectivity index (χ0v) is 17.2. The molecule has 0 aliphatic heterocycles. The fourth-order valence-corrected chi connectivity index (χ4v) is 5.29. The van der Waals surface area contributed by atoms with Crippen molar-refractivity contribution in [2.75, 3.05) is 5.32 Å². The van der Waals surface area contributed by atoms with Crippen LogP contribution in [0.2, 0.25) is 0 Å². The van der Waals surface area contributed by atoms with Gasteiger partial charge in [0.25, 0.3) is 0 Å². The van der Waals surface area contributed by atoms with E-state index in [1.165, 1.54) is 22.2 Å². The minimum Gasteiger partial charge on any atom is -0.339 e. The first kappa shape index (κ1) is 17.0. The van der Waals surface area contributed by atoms with Crippen molar-refractivity contribution < 1.29 is 0 Å². The van der Waals surface area contributed by atoms with Crippen LogP contribution >= 0.6 is 27.3 Å². The van der Waals surface area contributed by atoms with Gasteiger partial charge < -0.3 is 5.32 Å². The predicted molar refractivity (Wildman–Crippen MR) is 110 cm³/mol. The molecular weight excluding hydrogens is 394 g/mol. The molecule has 3 aromatic rings. The Kier molecular flexibility index (Phi) is 4.32. The molecule has 1 unspecified atom stereocenters. The van der Waals surface area contributed by atoms with Crippen molar-refractivity contribution in [3.8, 4) is 0 Å². The van der Waals surface area contributed by atoms with Gasteiger partial charge in [0.2, 0.25) is 0 Å². The van der Waals surface area contributed by atoms with Crippen molar-refractivity contribution in [3.05, 3.63) is 45.5 Å². The van der Waals surface area contributed by atoms with E-state index in [9.17, 15) is 0 Å². The highest BCUT2D eigenvalue weighted by Gasteiger charge is 2.31. The molecule has 1 atom stereocenters. The maximum atomic E-state index is 4.56. The first-order valence-corrected chi connectivity index (χ1v) is 10.3. The Labute approximate surface area is 161 Å². The van der Waals surface area contributed by atoms with E-state index in [2.05, 4.69) is 58.1 Å². The van der Waals surface area contributed by atoms with Gasteiger partial charge in [0, 0.05) is 9.35 Å². The third-order valence-electron chi connectivity index (χ3n) is 5.20. The van der Waals surface area contributed by atoms with E-state index in [0.29, 0.717) is 5.41 Å². The molecule has 0 spiro atoms. The largest absolute Gasteiger partial charge is 0.339 e. The van der Waals surface area contributed by atoms with Crippen molar-refractivity contribution in [3.63, 3.8) is 0 Å². The van der Waals surface area contributed by atoms with Gasteiger partial charge in [0.15, 0.2) is 0 Å². The number of para-hydroxylation sites is 1. The van der Waals surface area contributed by atoms with Crippen LogP contribution < -0.4 is 5.32 Å². The zero-order valence-electron chi connectivity index (χ0n) is 14.8. The summed E-state index contributed by atoms with van der Waals surface area (Å²) >= 11 is 5.46. The lowest BCUT2D eigenvalue weighted by Gasteiger charge is -2.33. The number of thiophene rings is 1. The third kappa shape index (κ3) is 3.20. The van der Waals surface area contributed by atoms with Gasteiger partial charge in [-0.05, 0) is 64.2 Å². The van der Waals surface area contributed by atoms with Gasteiger partial charge in [-0.15, -0.1) is 11.3 Å². The Morgan fingerprint density at radius 1 is 1.20 bits per heavy atom. The van der Waals surface area contributed by atoms with E-state index in [1.54, 1.807) is 6.33 Å². The first-order valence-electron chi connectivity index (χ1n) is 8.70. The number of nitrogens with one attached hydrogen (secondary N) is 1. The van der Waals surface area contributed by atoms with Gasteiger partial charge in [-0.3, -0.25) is 0 Å². The molecule has 0 fully saturated rings. The summed E-state index contributed by atoms with van der Waals surface area (Å²) < 4.78 is 1.04. The predicted octanol–water partition coefficient (Wildman–Crippen LogP) is 6.35. The summed E-state index contributed by atoms with van der Waals surface area (Å²) in [4.78, 5) is 11.7. The number of hydrogen-bond donors (Lipinski definition) is 1. The summed E-state index contributed by atoms with van der Waals surface area (Å²) in [6, 6.07) is 8.15. The number of benzene rings is 1. The molecule has 0 saturated carbocycles. The van der Waals surface area contributed by atoms with E-state index in [-0.39, 0.29) is 0 Å². The van der Waals surface area contributed by atoms with Crippen molar-refractivity contribution in [2.45, 2.75) is 40.0 Å². The first-order chi connectivity index (χ1) is 11.9. The number of nitrogens with zero attached hydrogens (tertiary/aromatic N) is 2. The molecule has 130 valence electrons. The summed E-state index contributed by atoms with van der Waals surface area (Å²) in [5.41, 5.74) is 2.84. The molecule has 2 heterocycles. The normalized spacial score (nSPS) is 17.5. The molecule has 2 aromatic heterocycles. The van der Waals surface area contributed by atoms with Crippen LogP contribution in [0.4, 0.5) is 11.5 Å². The number of rotatable bonds is 2. The highest BCUT2D eigenvalue weighted by molar-refractivity contribution is 9.10. The average Bonchev–Trinajstić information content (AvgIpc) is 2.94. The Morgan fingerprint density at radius 2 is 2.00 bits per heavy atom. The maximum Gasteiger partial charge on any atom is 0.142 e. The third-order valence-corrected chi connectivity index (χ3v) is 7.05. The van der Waals surface area contributed by atoms with Crippen molar-refractivity contribution in [2.24, 2.45) is 11.3 Å². The van der Waals surface area contributed by atoms with E-state index < -0.39 is 0 Å². The second-order valence-electron chi connectivity index (χ2n) is 7.82. The van der Waals surface area contributed by atoms with Crippen LogP contribution in [0, 0.1) is 11.3 Å². The molecule has 25 heavy (non-hydrogen) atoms. The van der Waals surface area contributed by atoms with Gasteiger partial charge in [-0.2, -0.15) is 0 Å². The van der Waals surface area contributed by atoms with E-state index in [1.807, 2.05) is 29.5 Å². The minimum atomic E-state index is 0.357. The topological polar surface area (TPSA) is 37.8 Å². The molecule has 3 nitrogen and oxygen atoms in total. The molecule has 0 saturated heterocycles. The number of hydrogen-bond acceptors (Lipinski definition) is 4. The Bertz CT molecular complexity index is 926. The molecule has 0 amide bonds. The maximum absolute atomic E-state index is 4.56. The summed E-state index contributed by atoms with van der Waals surface area (Å²) in [7, 11) is 0. The quantitative estimate of drug-likeness (QED) is 0.529. The lowest BCUT2D eigenvalue weighted by atomic mass is 9.72. The highest BCUT2D eigenvalue weighted by atomic mass is 79.9. The molecule has 1 aromatic carbocycles. The highest BCUT2D eigenvalue weighted by Crippen LogP contribution is 2.44. The van der Waals surface area contributed by atoms with Crippen LogP contribution in [-0.4, -0.2) is 9.97 Å². The molecular formula is C20H22BrN3S. The van der Waals surface area contributed by atoms with Gasteiger partial charge in [-0.25, -0.2) is 9.97 Å². The van der Waals surface area contributed by atoms with Gasteiger partial charge in [0.05, 0.1) is 11.1 Å². The van der Waals surface area contributed by atoms with Gasteiger partial charge >= 0.3 is 0 Å². The summed E-state index contributed by atoms with van der Waals surface area (Å²) in [6.07, 6.45) is 5.19. The smallest absolute Gasteiger partial charge is 0.142 e. The van der Waals surface area contributed by atoms with E-state index >= 15 is 0 Å². The number of anilines is 2. The molecule has 1 aliphatic carbocycles. The minimum absolute atomic E-state index is 0.357. The van der Waals surface area contributed by atoms with Gasteiger partial charge in [0.1, 0.15) is 17.0 Å². The molecule has 1 aliphatic rings. The number of halogens is 1. The van der Waals surface area contributed by atoms with Gasteiger partial charge in [-0.1, -0.05) is 32.9 Å². The summed E-state index contributed by atoms with van der Waals surface area (Å²) in [6.45, 7) is 7.07.